The van der Waals surface area contributed by atoms with Crippen molar-refractivity contribution < 1.29 is 29.6 Å². The fourth-order valence-corrected chi connectivity index (χ4v) is 1.88. The Morgan fingerprint density at radius 2 is 1.80 bits per heavy atom. The minimum absolute atomic E-state index is 0. The molecule has 3 nitrogen and oxygen atoms in total. The fourth-order valence-electron chi connectivity index (χ4n) is 1.88. The molecular formula is C15H20Cl2N2O-2. The van der Waals surface area contributed by atoms with Crippen molar-refractivity contribution in [1.82, 2.24) is 10.2 Å². The molecule has 0 bridgehead atoms. The summed E-state index contributed by atoms with van der Waals surface area (Å²) in [6.45, 7) is 6.66. The maximum Gasteiger partial charge on any atom is 0.0594 e. The van der Waals surface area contributed by atoms with Gasteiger partial charge in [0.15, 0.2) is 0 Å². The van der Waals surface area contributed by atoms with Crippen molar-refractivity contribution in [2.45, 2.75) is 0 Å². The first-order valence-corrected chi connectivity index (χ1v) is 6.50. The van der Waals surface area contributed by atoms with Gasteiger partial charge in [-0.15, -0.1) is 0 Å². The van der Waals surface area contributed by atoms with Gasteiger partial charge in [0.25, 0.3) is 0 Å². The van der Waals surface area contributed by atoms with Gasteiger partial charge in [0.1, 0.15) is 0 Å². The summed E-state index contributed by atoms with van der Waals surface area (Å²) in [4.78, 5) is 2.42. The number of ether oxygens (including phenoxy) is 1. The molecule has 5 heteroatoms. The summed E-state index contributed by atoms with van der Waals surface area (Å²) in [5, 5.41) is 3.35. The lowest BCUT2D eigenvalue weighted by atomic mass is 10.2. The molecule has 0 amide bonds. The smallest absolute Gasteiger partial charge is 0.0594 e. The Hall–Kier alpha value is -0.760. The third kappa shape index (κ3) is 7.74. The lowest BCUT2D eigenvalue weighted by Crippen LogP contribution is -3.00. The lowest BCUT2D eigenvalue weighted by molar-refractivity contribution is -0.00100. The average Bonchev–Trinajstić information content (AvgIpc) is 2.45. The van der Waals surface area contributed by atoms with Crippen molar-refractivity contribution >= 4 is 0 Å². The van der Waals surface area contributed by atoms with Crippen molar-refractivity contribution in [2.24, 2.45) is 0 Å². The van der Waals surface area contributed by atoms with E-state index in [1.165, 1.54) is 0 Å². The number of rotatable bonds is 4. The normalized spacial score (nSPS) is 14.4. The van der Waals surface area contributed by atoms with Gasteiger partial charge >= 0.3 is 0 Å². The SMILES string of the molecule is C(#Cc1ccccc1)CNCCN1CCOCC1.[Cl-].[Cl-]. The van der Waals surface area contributed by atoms with E-state index in [1.54, 1.807) is 0 Å². The van der Waals surface area contributed by atoms with E-state index in [1.807, 2.05) is 30.3 Å². The number of morpholine rings is 1. The molecule has 0 unspecified atom stereocenters. The molecule has 20 heavy (non-hydrogen) atoms. The van der Waals surface area contributed by atoms with E-state index in [0.29, 0.717) is 0 Å². The standard InChI is InChI=1S/C15H20N2O.2ClH/c1-2-5-15(6-3-1)7-4-8-16-9-10-17-11-13-18-14-12-17;;/h1-3,5-6,16H,8-14H2;2*1H/p-2. The fraction of sp³-hybridized carbons (Fsp3) is 0.467. The Morgan fingerprint density at radius 3 is 2.50 bits per heavy atom. The molecule has 1 fully saturated rings. The predicted molar refractivity (Wildman–Crippen MR) is 73.4 cm³/mol. The highest BCUT2D eigenvalue weighted by Crippen LogP contribution is 1.95. The monoisotopic (exact) mass is 314 g/mol. The molecule has 1 aliphatic heterocycles. The van der Waals surface area contributed by atoms with Crippen molar-refractivity contribution in [3.8, 4) is 11.8 Å². The highest BCUT2D eigenvalue weighted by Gasteiger charge is 2.08. The highest BCUT2D eigenvalue weighted by molar-refractivity contribution is 5.33. The lowest BCUT2D eigenvalue weighted by Gasteiger charge is -2.26. The molecular weight excluding hydrogens is 295 g/mol. The minimum Gasteiger partial charge on any atom is -1.00 e. The summed E-state index contributed by atoms with van der Waals surface area (Å²) >= 11 is 0. The van der Waals surface area contributed by atoms with Gasteiger partial charge in [-0.2, -0.15) is 0 Å². The maximum atomic E-state index is 5.31. The van der Waals surface area contributed by atoms with Crippen LogP contribution in [0.4, 0.5) is 0 Å². The Labute approximate surface area is 133 Å². The minimum atomic E-state index is 0. The molecule has 1 aliphatic rings. The molecule has 0 spiro atoms. The van der Waals surface area contributed by atoms with Crippen LogP contribution >= 0.6 is 0 Å². The molecule has 1 N–H and O–H groups in total. The summed E-state index contributed by atoms with van der Waals surface area (Å²) in [6.07, 6.45) is 0. The van der Waals surface area contributed by atoms with Crippen LogP contribution in [0.15, 0.2) is 30.3 Å². The first kappa shape index (κ1) is 19.2. The van der Waals surface area contributed by atoms with Crippen LogP contribution in [-0.2, 0) is 4.74 Å². The first-order chi connectivity index (χ1) is 8.95. The molecule has 0 saturated carbocycles. The molecule has 0 atom stereocenters. The Kier molecular flexibility index (Phi) is 11.6. The molecule has 0 aliphatic carbocycles. The second-order valence-corrected chi connectivity index (χ2v) is 4.30. The molecule has 1 heterocycles. The quantitative estimate of drug-likeness (QED) is 0.445. The molecule has 1 saturated heterocycles. The van der Waals surface area contributed by atoms with Crippen molar-refractivity contribution in [2.75, 3.05) is 45.9 Å². The topological polar surface area (TPSA) is 24.5 Å². The molecule has 1 aromatic carbocycles. The molecule has 112 valence electrons. The summed E-state index contributed by atoms with van der Waals surface area (Å²) in [7, 11) is 0. The van der Waals surface area contributed by atoms with Crippen LogP contribution in [-0.4, -0.2) is 50.8 Å². The van der Waals surface area contributed by atoms with Crippen molar-refractivity contribution in [1.29, 1.82) is 0 Å². The Morgan fingerprint density at radius 1 is 1.10 bits per heavy atom. The van der Waals surface area contributed by atoms with E-state index in [-0.39, 0.29) is 24.8 Å². The third-order valence-corrected chi connectivity index (χ3v) is 2.93. The summed E-state index contributed by atoms with van der Waals surface area (Å²) in [5.41, 5.74) is 1.08. The number of nitrogens with one attached hydrogen (secondary N) is 1. The van der Waals surface area contributed by atoms with Gasteiger partial charge in [-0.05, 0) is 12.1 Å². The zero-order chi connectivity index (χ0) is 12.5. The summed E-state index contributed by atoms with van der Waals surface area (Å²) in [5.74, 6) is 6.27. The van der Waals surface area contributed by atoms with Crippen LogP contribution in [0.25, 0.3) is 0 Å². The zero-order valence-electron chi connectivity index (χ0n) is 11.4. The second kappa shape index (κ2) is 12.0. The largest absolute Gasteiger partial charge is 1.00 e. The average molecular weight is 315 g/mol. The van der Waals surface area contributed by atoms with Crippen LogP contribution in [0, 0.1) is 11.8 Å². The van der Waals surface area contributed by atoms with E-state index in [2.05, 4.69) is 22.1 Å². The Bertz CT molecular complexity index is 397. The zero-order valence-corrected chi connectivity index (χ0v) is 13.0. The number of halogens is 2. The number of benzene rings is 1. The van der Waals surface area contributed by atoms with Crippen LogP contribution < -0.4 is 30.1 Å². The summed E-state index contributed by atoms with van der Waals surface area (Å²) < 4.78 is 5.31. The van der Waals surface area contributed by atoms with Gasteiger partial charge in [-0.1, -0.05) is 30.0 Å². The van der Waals surface area contributed by atoms with Crippen LogP contribution in [0.1, 0.15) is 5.56 Å². The van der Waals surface area contributed by atoms with E-state index in [4.69, 9.17) is 4.74 Å². The number of hydrogen-bond donors (Lipinski definition) is 1. The summed E-state index contributed by atoms with van der Waals surface area (Å²) in [6, 6.07) is 10.1. The van der Waals surface area contributed by atoms with Gasteiger partial charge in [-0.25, -0.2) is 0 Å². The third-order valence-electron chi connectivity index (χ3n) is 2.93. The van der Waals surface area contributed by atoms with E-state index < -0.39 is 0 Å². The van der Waals surface area contributed by atoms with Crippen LogP contribution in [0.5, 0.6) is 0 Å². The van der Waals surface area contributed by atoms with Gasteiger partial charge in [0, 0.05) is 31.7 Å². The first-order valence-electron chi connectivity index (χ1n) is 6.50. The van der Waals surface area contributed by atoms with Crippen LogP contribution in [0.2, 0.25) is 0 Å². The van der Waals surface area contributed by atoms with Crippen molar-refractivity contribution in [3.05, 3.63) is 35.9 Å². The predicted octanol–water partition coefficient (Wildman–Crippen LogP) is -5.03. The highest BCUT2D eigenvalue weighted by atomic mass is 35.5. The second-order valence-electron chi connectivity index (χ2n) is 4.30. The van der Waals surface area contributed by atoms with Gasteiger partial charge in [0.05, 0.1) is 19.8 Å². The molecule has 0 radical (unpaired) electrons. The number of nitrogens with zero attached hydrogens (tertiary/aromatic N) is 1. The molecule has 1 aromatic rings. The van der Waals surface area contributed by atoms with E-state index in [0.717, 1.165) is 51.5 Å². The molecule has 0 aromatic heterocycles. The van der Waals surface area contributed by atoms with Crippen molar-refractivity contribution in [3.63, 3.8) is 0 Å². The number of hydrogen-bond acceptors (Lipinski definition) is 3. The van der Waals surface area contributed by atoms with Gasteiger partial charge in [0.2, 0.25) is 0 Å². The van der Waals surface area contributed by atoms with E-state index in [9.17, 15) is 0 Å². The molecule has 2 rings (SSSR count). The van der Waals surface area contributed by atoms with Crippen LogP contribution in [0.3, 0.4) is 0 Å². The maximum absolute atomic E-state index is 5.31. The Balaban J connectivity index is 0.00000180. The van der Waals surface area contributed by atoms with Gasteiger partial charge in [-0.3, -0.25) is 4.90 Å². The van der Waals surface area contributed by atoms with Gasteiger partial charge < -0.3 is 34.9 Å². The van der Waals surface area contributed by atoms with E-state index >= 15 is 0 Å².